The molecule has 0 fully saturated rings. The average Bonchev–Trinajstić information content (AvgIpc) is 2.18. The van der Waals surface area contributed by atoms with Crippen LogP contribution in [0.25, 0.3) is 0 Å². The molecule has 0 saturated carbocycles. The smallest absolute Gasteiger partial charge is 0.113 e. The van der Waals surface area contributed by atoms with E-state index in [-0.39, 0.29) is 5.41 Å². The standard InChI is InChI=1S/C13H19NO/c1-5-12(13(2,3)4)15-10-11-6-8-14-9-7-11/h5-9H,10H2,1-4H3. The van der Waals surface area contributed by atoms with Gasteiger partial charge in [-0.2, -0.15) is 0 Å². The van der Waals surface area contributed by atoms with E-state index in [0.29, 0.717) is 6.61 Å². The van der Waals surface area contributed by atoms with E-state index in [2.05, 4.69) is 25.8 Å². The van der Waals surface area contributed by atoms with Gasteiger partial charge in [0.05, 0.1) is 5.76 Å². The molecule has 0 aliphatic heterocycles. The van der Waals surface area contributed by atoms with Crippen molar-refractivity contribution in [2.24, 2.45) is 5.41 Å². The molecule has 0 bridgehead atoms. The molecule has 0 aromatic carbocycles. The Morgan fingerprint density at radius 2 is 1.93 bits per heavy atom. The van der Waals surface area contributed by atoms with E-state index in [4.69, 9.17) is 4.74 Å². The van der Waals surface area contributed by atoms with Gasteiger partial charge in [-0.15, -0.1) is 0 Å². The van der Waals surface area contributed by atoms with Crippen LogP contribution in [0.3, 0.4) is 0 Å². The van der Waals surface area contributed by atoms with Gasteiger partial charge in [0.25, 0.3) is 0 Å². The molecule has 0 N–H and O–H groups in total. The van der Waals surface area contributed by atoms with Crippen molar-refractivity contribution < 1.29 is 4.74 Å². The third-order valence-corrected chi connectivity index (χ3v) is 2.15. The molecule has 0 atom stereocenters. The first kappa shape index (κ1) is 11.8. The van der Waals surface area contributed by atoms with Crippen LogP contribution >= 0.6 is 0 Å². The van der Waals surface area contributed by atoms with E-state index >= 15 is 0 Å². The summed E-state index contributed by atoms with van der Waals surface area (Å²) in [6, 6.07) is 3.94. The fourth-order valence-electron chi connectivity index (χ4n) is 1.37. The Bertz CT molecular complexity index is 322. The number of hydrogen-bond acceptors (Lipinski definition) is 2. The number of rotatable bonds is 3. The highest BCUT2D eigenvalue weighted by Gasteiger charge is 2.17. The molecule has 15 heavy (non-hydrogen) atoms. The first-order valence-electron chi connectivity index (χ1n) is 5.22. The van der Waals surface area contributed by atoms with Crippen molar-refractivity contribution >= 4 is 0 Å². The number of ether oxygens (including phenoxy) is 1. The molecule has 1 rings (SSSR count). The molecule has 0 spiro atoms. The molecule has 1 aromatic rings. The Balaban J connectivity index is 2.57. The molecule has 2 heteroatoms. The van der Waals surface area contributed by atoms with Gasteiger partial charge in [-0.1, -0.05) is 20.8 Å². The summed E-state index contributed by atoms with van der Waals surface area (Å²) in [6.07, 6.45) is 5.59. The van der Waals surface area contributed by atoms with Crippen LogP contribution in [-0.2, 0) is 11.3 Å². The molecule has 0 aliphatic carbocycles. The second-order valence-corrected chi connectivity index (χ2v) is 4.55. The van der Waals surface area contributed by atoms with Crippen molar-refractivity contribution in [3.8, 4) is 0 Å². The molecular formula is C13H19NO. The fraction of sp³-hybridized carbons (Fsp3) is 0.462. The SMILES string of the molecule is CC=C(OCc1ccncc1)C(C)(C)C. The van der Waals surface area contributed by atoms with Crippen molar-refractivity contribution in [3.63, 3.8) is 0 Å². The van der Waals surface area contributed by atoms with E-state index in [1.165, 1.54) is 0 Å². The maximum absolute atomic E-state index is 5.78. The van der Waals surface area contributed by atoms with E-state index in [1.807, 2.05) is 25.1 Å². The lowest BCUT2D eigenvalue weighted by molar-refractivity contribution is 0.139. The fourth-order valence-corrected chi connectivity index (χ4v) is 1.37. The first-order chi connectivity index (χ1) is 7.04. The Hall–Kier alpha value is -1.31. The monoisotopic (exact) mass is 205 g/mol. The van der Waals surface area contributed by atoms with Crippen LogP contribution in [0, 0.1) is 5.41 Å². The predicted octanol–water partition coefficient (Wildman–Crippen LogP) is 3.55. The van der Waals surface area contributed by atoms with Crippen LogP contribution in [0.15, 0.2) is 36.4 Å². The zero-order chi connectivity index (χ0) is 11.3. The molecule has 1 aromatic heterocycles. The van der Waals surface area contributed by atoms with E-state index in [1.54, 1.807) is 12.4 Å². The van der Waals surface area contributed by atoms with Crippen LogP contribution in [0.5, 0.6) is 0 Å². The van der Waals surface area contributed by atoms with Crippen molar-refractivity contribution in [2.75, 3.05) is 0 Å². The van der Waals surface area contributed by atoms with Gasteiger partial charge in [0.15, 0.2) is 0 Å². The summed E-state index contributed by atoms with van der Waals surface area (Å²) in [4.78, 5) is 3.97. The number of allylic oxidation sites excluding steroid dienone is 2. The Kier molecular flexibility index (Phi) is 3.89. The molecule has 0 unspecified atom stereocenters. The van der Waals surface area contributed by atoms with Crippen molar-refractivity contribution in [1.29, 1.82) is 0 Å². The molecule has 0 radical (unpaired) electrons. The Morgan fingerprint density at radius 3 is 2.40 bits per heavy atom. The molecule has 1 heterocycles. The lowest BCUT2D eigenvalue weighted by atomic mass is 9.93. The Morgan fingerprint density at radius 1 is 1.33 bits per heavy atom. The van der Waals surface area contributed by atoms with Gasteiger partial charge in [-0.3, -0.25) is 4.98 Å². The number of nitrogens with zero attached hydrogens (tertiary/aromatic N) is 1. The highest BCUT2D eigenvalue weighted by molar-refractivity contribution is 5.10. The number of pyridine rings is 1. The minimum Gasteiger partial charge on any atom is -0.493 e. The topological polar surface area (TPSA) is 22.1 Å². The van der Waals surface area contributed by atoms with Crippen LogP contribution in [0.2, 0.25) is 0 Å². The van der Waals surface area contributed by atoms with Crippen LogP contribution in [0.1, 0.15) is 33.3 Å². The summed E-state index contributed by atoms with van der Waals surface area (Å²) in [5.74, 6) is 1.03. The highest BCUT2D eigenvalue weighted by Crippen LogP contribution is 2.26. The van der Waals surface area contributed by atoms with Crippen LogP contribution in [-0.4, -0.2) is 4.98 Å². The van der Waals surface area contributed by atoms with Gasteiger partial charge in [0, 0.05) is 17.8 Å². The van der Waals surface area contributed by atoms with Gasteiger partial charge < -0.3 is 4.74 Å². The van der Waals surface area contributed by atoms with E-state index in [9.17, 15) is 0 Å². The minimum atomic E-state index is 0.0712. The zero-order valence-corrected chi connectivity index (χ0v) is 9.95. The van der Waals surface area contributed by atoms with E-state index < -0.39 is 0 Å². The third kappa shape index (κ3) is 3.74. The summed E-state index contributed by atoms with van der Waals surface area (Å²) >= 11 is 0. The third-order valence-electron chi connectivity index (χ3n) is 2.15. The van der Waals surface area contributed by atoms with Crippen LogP contribution < -0.4 is 0 Å². The van der Waals surface area contributed by atoms with Gasteiger partial charge >= 0.3 is 0 Å². The van der Waals surface area contributed by atoms with Gasteiger partial charge in [-0.25, -0.2) is 0 Å². The zero-order valence-electron chi connectivity index (χ0n) is 9.95. The molecule has 2 nitrogen and oxygen atoms in total. The summed E-state index contributed by atoms with van der Waals surface area (Å²) in [5.41, 5.74) is 1.22. The average molecular weight is 205 g/mol. The molecular weight excluding hydrogens is 186 g/mol. The predicted molar refractivity (Wildman–Crippen MR) is 62.2 cm³/mol. The second kappa shape index (κ2) is 4.96. The van der Waals surface area contributed by atoms with Gasteiger partial charge in [-0.05, 0) is 30.7 Å². The number of aromatic nitrogens is 1. The van der Waals surface area contributed by atoms with Crippen molar-refractivity contribution in [1.82, 2.24) is 4.98 Å². The molecule has 0 amide bonds. The van der Waals surface area contributed by atoms with E-state index in [0.717, 1.165) is 11.3 Å². The van der Waals surface area contributed by atoms with Gasteiger partial charge in [0.2, 0.25) is 0 Å². The molecule has 82 valence electrons. The Labute approximate surface area is 92.0 Å². The minimum absolute atomic E-state index is 0.0712. The number of hydrogen-bond donors (Lipinski definition) is 0. The maximum atomic E-state index is 5.78. The summed E-state index contributed by atoms with van der Waals surface area (Å²) in [6.45, 7) is 9.06. The van der Waals surface area contributed by atoms with Crippen LogP contribution in [0.4, 0.5) is 0 Å². The lowest BCUT2D eigenvalue weighted by Crippen LogP contribution is -2.12. The summed E-state index contributed by atoms with van der Waals surface area (Å²) < 4.78 is 5.78. The summed E-state index contributed by atoms with van der Waals surface area (Å²) in [7, 11) is 0. The molecule has 0 saturated heterocycles. The van der Waals surface area contributed by atoms with Crippen molar-refractivity contribution in [3.05, 3.63) is 41.9 Å². The normalized spacial score (nSPS) is 12.7. The maximum Gasteiger partial charge on any atom is 0.113 e. The second-order valence-electron chi connectivity index (χ2n) is 4.55. The lowest BCUT2D eigenvalue weighted by Gasteiger charge is -2.23. The molecule has 0 aliphatic rings. The largest absolute Gasteiger partial charge is 0.493 e. The summed E-state index contributed by atoms with van der Waals surface area (Å²) in [5, 5.41) is 0. The van der Waals surface area contributed by atoms with Crippen molar-refractivity contribution in [2.45, 2.75) is 34.3 Å². The quantitative estimate of drug-likeness (QED) is 0.704. The first-order valence-corrected chi connectivity index (χ1v) is 5.22. The van der Waals surface area contributed by atoms with Gasteiger partial charge in [0.1, 0.15) is 6.61 Å². The highest BCUT2D eigenvalue weighted by atomic mass is 16.5.